The number of nitrogens with one attached hydrogen (secondary N) is 3. The van der Waals surface area contributed by atoms with Gasteiger partial charge in [0.1, 0.15) is 12.2 Å². The Morgan fingerprint density at radius 2 is 1.94 bits per heavy atom. The second kappa shape index (κ2) is 8.42. The van der Waals surface area contributed by atoms with Crippen molar-refractivity contribution in [2.75, 3.05) is 31.5 Å². The van der Waals surface area contributed by atoms with Crippen molar-refractivity contribution in [1.82, 2.24) is 30.4 Å². The van der Waals surface area contributed by atoms with Crippen molar-refractivity contribution in [3.63, 3.8) is 0 Å². The van der Waals surface area contributed by atoms with Gasteiger partial charge >= 0.3 is 6.09 Å². The molecule has 0 bridgehead atoms. The maximum atomic E-state index is 14.4. The quantitative estimate of drug-likeness (QED) is 0.539. The van der Waals surface area contributed by atoms with Gasteiger partial charge < -0.3 is 30.9 Å². The van der Waals surface area contributed by atoms with E-state index in [1.54, 1.807) is 30.3 Å². The van der Waals surface area contributed by atoms with Gasteiger partial charge in [-0.25, -0.2) is 19.2 Å². The standard InChI is InChI=1S/C19H21ClFN7O3/c1-10(18(29)27-2-4-28(5-3-27)19(30)31)25-17-14(21)9-24-16(26-17)13-8-23-15-12(13)6-11(20)7-22-15/h6-10,15,22-23H,2-5H2,1H3,(H,30,31)(H,24,25,26)/t10-,15?/m0/s1. The van der Waals surface area contributed by atoms with Crippen LogP contribution in [0.2, 0.25) is 0 Å². The maximum Gasteiger partial charge on any atom is 0.407 e. The molecule has 4 N–H and O–H groups in total. The number of halogens is 2. The molecular formula is C19H21ClFN7O3. The highest BCUT2D eigenvalue weighted by atomic mass is 35.5. The van der Waals surface area contributed by atoms with Gasteiger partial charge in [-0.2, -0.15) is 0 Å². The summed E-state index contributed by atoms with van der Waals surface area (Å²) < 4.78 is 14.4. The lowest BCUT2D eigenvalue weighted by atomic mass is 10.0. The average Bonchev–Trinajstić information content (AvgIpc) is 3.17. The van der Waals surface area contributed by atoms with Crippen LogP contribution >= 0.6 is 11.6 Å². The van der Waals surface area contributed by atoms with Crippen LogP contribution in [0.1, 0.15) is 12.7 Å². The molecule has 31 heavy (non-hydrogen) atoms. The van der Waals surface area contributed by atoms with Crippen LogP contribution in [0.3, 0.4) is 0 Å². The van der Waals surface area contributed by atoms with Crippen molar-refractivity contribution in [2.24, 2.45) is 0 Å². The minimum Gasteiger partial charge on any atom is -0.465 e. The number of amides is 2. The molecule has 0 saturated carbocycles. The fourth-order valence-electron chi connectivity index (χ4n) is 3.60. The summed E-state index contributed by atoms with van der Waals surface area (Å²) in [6.07, 6.45) is 5.04. The molecule has 1 aromatic rings. The van der Waals surface area contributed by atoms with E-state index in [-0.39, 0.29) is 49.9 Å². The van der Waals surface area contributed by atoms with Crippen LogP contribution in [0.4, 0.5) is 15.0 Å². The van der Waals surface area contributed by atoms with Crippen LogP contribution in [0, 0.1) is 5.82 Å². The highest BCUT2D eigenvalue weighted by molar-refractivity contribution is 6.31. The molecule has 1 aromatic heterocycles. The number of carboxylic acid groups (broad SMARTS) is 1. The van der Waals surface area contributed by atoms with Crippen molar-refractivity contribution in [1.29, 1.82) is 0 Å². The van der Waals surface area contributed by atoms with Crippen molar-refractivity contribution in [3.05, 3.63) is 46.9 Å². The van der Waals surface area contributed by atoms with Gasteiger partial charge in [0.25, 0.3) is 0 Å². The molecule has 1 saturated heterocycles. The van der Waals surface area contributed by atoms with Crippen molar-refractivity contribution in [2.45, 2.75) is 19.1 Å². The number of dihydropyridines is 1. The Hall–Kier alpha value is -3.34. The molecule has 0 radical (unpaired) electrons. The number of hydrogen-bond donors (Lipinski definition) is 4. The zero-order valence-corrected chi connectivity index (χ0v) is 17.4. The van der Waals surface area contributed by atoms with E-state index >= 15 is 0 Å². The predicted molar refractivity (Wildman–Crippen MR) is 111 cm³/mol. The van der Waals surface area contributed by atoms with Gasteiger partial charge in [-0.15, -0.1) is 0 Å². The minimum atomic E-state index is -1.01. The van der Waals surface area contributed by atoms with E-state index in [2.05, 4.69) is 25.9 Å². The summed E-state index contributed by atoms with van der Waals surface area (Å²) in [6, 6.07) is -0.759. The van der Waals surface area contributed by atoms with Gasteiger partial charge in [-0.05, 0) is 13.0 Å². The smallest absolute Gasteiger partial charge is 0.407 e. The third-order valence-electron chi connectivity index (χ3n) is 5.27. The number of carbonyl (C=O) groups excluding carboxylic acids is 1. The van der Waals surface area contributed by atoms with E-state index < -0.39 is 18.0 Å². The molecule has 3 aliphatic heterocycles. The van der Waals surface area contributed by atoms with Gasteiger partial charge in [-0.1, -0.05) is 11.6 Å². The van der Waals surface area contributed by atoms with Crippen LogP contribution in [0.5, 0.6) is 0 Å². The topological polar surface area (TPSA) is 123 Å². The average molecular weight is 450 g/mol. The molecule has 2 atom stereocenters. The fourth-order valence-corrected chi connectivity index (χ4v) is 3.78. The first-order valence-electron chi connectivity index (χ1n) is 9.69. The Kier molecular flexibility index (Phi) is 5.68. The Labute approximate surface area is 182 Å². The second-order valence-electron chi connectivity index (χ2n) is 7.30. The summed E-state index contributed by atoms with van der Waals surface area (Å²) in [7, 11) is 0. The molecule has 10 nitrogen and oxygen atoms in total. The van der Waals surface area contributed by atoms with E-state index in [4.69, 9.17) is 16.7 Å². The zero-order valence-electron chi connectivity index (χ0n) is 16.6. The lowest BCUT2D eigenvalue weighted by Gasteiger charge is -2.34. The number of hydrogen-bond acceptors (Lipinski definition) is 7. The molecule has 1 fully saturated rings. The van der Waals surface area contributed by atoms with Crippen molar-refractivity contribution in [3.8, 4) is 0 Å². The molecule has 0 spiro atoms. The summed E-state index contributed by atoms with van der Waals surface area (Å²) >= 11 is 6.07. The zero-order chi connectivity index (χ0) is 22.1. The number of nitrogens with zero attached hydrogens (tertiary/aromatic N) is 4. The summed E-state index contributed by atoms with van der Waals surface area (Å²) in [5, 5.41) is 18.6. The monoisotopic (exact) mass is 449 g/mol. The van der Waals surface area contributed by atoms with Crippen LogP contribution in [-0.4, -0.2) is 75.3 Å². The van der Waals surface area contributed by atoms with Crippen LogP contribution in [0.25, 0.3) is 5.57 Å². The number of piperazine rings is 1. The number of fused-ring (bicyclic) bond motifs is 1. The lowest BCUT2D eigenvalue weighted by molar-refractivity contribution is -0.133. The van der Waals surface area contributed by atoms with E-state index in [1.165, 1.54) is 4.90 Å². The van der Waals surface area contributed by atoms with E-state index in [1.807, 2.05) is 0 Å². The third kappa shape index (κ3) is 4.26. The molecule has 3 aliphatic rings. The van der Waals surface area contributed by atoms with Crippen LogP contribution in [0.15, 0.2) is 35.3 Å². The molecule has 164 valence electrons. The fraction of sp³-hybridized carbons (Fsp3) is 0.368. The van der Waals surface area contributed by atoms with Crippen LogP contribution < -0.4 is 16.0 Å². The maximum absolute atomic E-state index is 14.4. The highest BCUT2D eigenvalue weighted by Crippen LogP contribution is 2.31. The first-order chi connectivity index (χ1) is 14.8. The first-order valence-corrected chi connectivity index (χ1v) is 10.1. The summed E-state index contributed by atoms with van der Waals surface area (Å²) in [5.74, 6) is -0.753. The molecule has 0 aromatic carbocycles. The predicted octanol–water partition coefficient (Wildman–Crippen LogP) is 1.12. The molecular weight excluding hydrogens is 429 g/mol. The van der Waals surface area contributed by atoms with Crippen molar-refractivity contribution >= 4 is 35.0 Å². The lowest BCUT2D eigenvalue weighted by Crippen LogP contribution is -2.53. The Bertz CT molecular complexity index is 1000. The SMILES string of the molecule is C[C@H](Nc1nc(C2=CNC3NC=C(Cl)C=C23)ncc1F)C(=O)N1CCN(C(=O)O)CC1. The van der Waals surface area contributed by atoms with E-state index in [0.717, 1.165) is 11.8 Å². The van der Waals surface area contributed by atoms with E-state index in [0.29, 0.717) is 10.6 Å². The van der Waals surface area contributed by atoms with Gasteiger partial charge in [0, 0.05) is 49.7 Å². The van der Waals surface area contributed by atoms with Crippen molar-refractivity contribution < 1.29 is 19.1 Å². The second-order valence-corrected chi connectivity index (χ2v) is 7.74. The van der Waals surface area contributed by atoms with Gasteiger partial charge in [0.05, 0.1) is 11.2 Å². The molecule has 4 heterocycles. The normalized spacial score (nSPS) is 21.1. The first kappa shape index (κ1) is 20.9. The van der Waals surface area contributed by atoms with Gasteiger partial charge in [0.15, 0.2) is 17.5 Å². The number of carbonyl (C=O) groups is 2. The minimum absolute atomic E-state index is 0.0922. The Morgan fingerprint density at radius 1 is 1.26 bits per heavy atom. The Balaban J connectivity index is 1.46. The van der Waals surface area contributed by atoms with Gasteiger partial charge in [-0.3, -0.25) is 4.79 Å². The molecule has 1 unspecified atom stereocenters. The number of aromatic nitrogens is 2. The summed E-state index contributed by atoms with van der Waals surface area (Å²) in [4.78, 5) is 34.9. The highest BCUT2D eigenvalue weighted by Gasteiger charge is 2.29. The van der Waals surface area contributed by atoms with Gasteiger partial charge in [0.2, 0.25) is 5.91 Å². The number of allylic oxidation sites excluding steroid dienone is 2. The third-order valence-corrected chi connectivity index (χ3v) is 5.49. The molecule has 12 heteroatoms. The van der Waals surface area contributed by atoms with Crippen LogP contribution in [-0.2, 0) is 4.79 Å². The molecule has 4 rings (SSSR count). The number of rotatable bonds is 4. The molecule has 0 aliphatic carbocycles. The summed E-state index contributed by atoms with van der Waals surface area (Å²) in [5.41, 5.74) is 1.49. The number of anilines is 1. The summed E-state index contributed by atoms with van der Waals surface area (Å²) in [6.45, 7) is 2.65. The van der Waals surface area contributed by atoms with E-state index in [9.17, 15) is 14.0 Å². The molecule has 2 amide bonds. The Morgan fingerprint density at radius 3 is 2.65 bits per heavy atom. The largest absolute Gasteiger partial charge is 0.465 e.